The number of nitrogens with one attached hydrogen (secondary N) is 1. The smallest absolute Gasteiger partial charge is 0.233 e. The van der Waals surface area contributed by atoms with E-state index in [0.29, 0.717) is 11.2 Å². The molecule has 128 valence electrons. The van der Waals surface area contributed by atoms with Gasteiger partial charge in [0, 0.05) is 11.6 Å². The number of nitrogens with zero attached hydrogens (tertiary/aromatic N) is 2. The Morgan fingerprint density at radius 1 is 1.29 bits per heavy atom. The lowest BCUT2D eigenvalue weighted by molar-refractivity contribution is -0.121. The third kappa shape index (κ3) is 4.12. The van der Waals surface area contributed by atoms with E-state index in [1.165, 1.54) is 35.7 Å². The first-order chi connectivity index (χ1) is 11.6. The number of carbonyl (C=O) groups is 1. The fourth-order valence-electron chi connectivity index (χ4n) is 2.99. The summed E-state index contributed by atoms with van der Waals surface area (Å²) in [6.45, 7) is 1.90. The van der Waals surface area contributed by atoms with Crippen LogP contribution in [0, 0.1) is 0 Å². The second-order valence-electron chi connectivity index (χ2n) is 6.29. The molecule has 1 amide bonds. The van der Waals surface area contributed by atoms with Crippen molar-refractivity contribution < 1.29 is 4.79 Å². The number of amides is 1. The van der Waals surface area contributed by atoms with Crippen LogP contribution in [-0.4, -0.2) is 26.9 Å². The summed E-state index contributed by atoms with van der Waals surface area (Å²) < 4.78 is 1.50. The van der Waals surface area contributed by atoms with E-state index in [9.17, 15) is 4.79 Å². The van der Waals surface area contributed by atoms with E-state index >= 15 is 0 Å². The number of imidazole rings is 1. The summed E-state index contributed by atoms with van der Waals surface area (Å²) in [7, 11) is 0. The van der Waals surface area contributed by atoms with E-state index in [1.54, 1.807) is 6.20 Å². The second kappa shape index (κ2) is 7.75. The number of nitrogen functional groups attached to an aromatic ring is 1. The summed E-state index contributed by atoms with van der Waals surface area (Å²) in [6.07, 6.45) is 7.67. The Kier molecular flexibility index (Phi) is 5.45. The molecule has 1 aromatic heterocycles. The summed E-state index contributed by atoms with van der Waals surface area (Å²) in [4.78, 5) is 17.0. The molecule has 2 aromatic rings. The standard InChI is InChI=1S/C18H24N4OS/c1-13(17(23)20-15-10-6-3-7-11-15)24-18-21-16(12-22(18)19)14-8-4-2-5-9-14/h2,4-5,8-9,12-13,15H,3,6-7,10-11,19H2,1H3,(H,20,23)/t13-/m0/s1. The monoisotopic (exact) mass is 344 g/mol. The van der Waals surface area contributed by atoms with Crippen molar-refractivity contribution in [1.82, 2.24) is 15.0 Å². The number of rotatable bonds is 5. The van der Waals surface area contributed by atoms with Gasteiger partial charge in [-0.15, -0.1) is 0 Å². The van der Waals surface area contributed by atoms with Gasteiger partial charge in [-0.05, 0) is 19.8 Å². The Morgan fingerprint density at radius 2 is 2.00 bits per heavy atom. The number of nitrogens with two attached hydrogens (primary N) is 1. The van der Waals surface area contributed by atoms with E-state index in [0.717, 1.165) is 24.1 Å². The molecule has 0 saturated heterocycles. The minimum atomic E-state index is -0.222. The average molecular weight is 344 g/mol. The number of benzene rings is 1. The minimum Gasteiger partial charge on any atom is -0.352 e. The molecule has 3 N–H and O–H groups in total. The normalized spacial score (nSPS) is 16.7. The van der Waals surface area contributed by atoms with Gasteiger partial charge < -0.3 is 11.2 Å². The quantitative estimate of drug-likeness (QED) is 0.645. The van der Waals surface area contributed by atoms with Crippen LogP contribution in [0.3, 0.4) is 0 Å². The van der Waals surface area contributed by atoms with E-state index in [1.807, 2.05) is 37.3 Å². The third-order valence-electron chi connectivity index (χ3n) is 4.37. The number of carbonyl (C=O) groups excluding carboxylic acids is 1. The Labute approximate surface area is 147 Å². The van der Waals surface area contributed by atoms with Crippen molar-refractivity contribution in [3.8, 4) is 11.3 Å². The van der Waals surface area contributed by atoms with Crippen LogP contribution in [0.2, 0.25) is 0 Å². The zero-order chi connectivity index (χ0) is 16.9. The molecule has 24 heavy (non-hydrogen) atoms. The first-order valence-corrected chi connectivity index (χ1v) is 9.38. The number of hydrogen-bond donors (Lipinski definition) is 2. The minimum absolute atomic E-state index is 0.0659. The lowest BCUT2D eigenvalue weighted by atomic mass is 9.95. The van der Waals surface area contributed by atoms with Gasteiger partial charge >= 0.3 is 0 Å². The molecule has 1 fully saturated rings. The Hall–Kier alpha value is -1.95. The van der Waals surface area contributed by atoms with Crippen LogP contribution in [0.1, 0.15) is 39.0 Å². The largest absolute Gasteiger partial charge is 0.352 e. The molecule has 0 bridgehead atoms. The van der Waals surface area contributed by atoms with Gasteiger partial charge in [-0.25, -0.2) is 9.66 Å². The fraction of sp³-hybridized carbons (Fsp3) is 0.444. The van der Waals surface area contributed by atoms with Crippen molar-refractivity contribution in [3.05, 3.63) is 36.5 Å². The zero-order valence-corrected chi connectivity index (χ0v) is 14.8. The van der Waals surface area contributed by atoms with Crippen molar-refractivity contribution in [2.75, 3.05) is 5.84 Å². The van der Waals surface area contributed by atoms with Gasteiger partial charge in [0.1, 0.15) is 0 Å². The summed E-state index contributed by atoms with van der Waals surface area (Å²) in [5.41, 5.74) is 1.84. The molecule has 1 heterocycles. The second-order valence-corrected chi connectivity index (χ2v) is 7.59. The molecule has 1 aromatic carbocycles. The highest BCUT2D eigenvalue weighted by Crippen LogP contribution is 2.26. The van der Waals surface area contributed by atoms with Crippen LogP contribution in [0.5, 0.6) is 0 Å². The molecule has 1 saturated carbocycles. The van der Waals surface area contributed by atoms with E-state index in [-0.39, 0.29) is 11.2 Å². The van der Waals surface area contributed by atoms with Gasteiger partial charge in [-0.1, -0.05) is 61.4 Å². The van der Waals surface area contributed by atoms with Crippen LogP contribution in [-0.2, 0) is 4.79 Å². The van der Waals surface area contributed by atoms with Gasteiger partial charge in [0.2, 0.25) is 5.91 Å². The lowest BCUT2D eigenvalue weighted by Gasteiger charge is -2.24. The highest BCUT2D eigenvalue weighted by atomic mass is 32.2. The first kappa shape index (κ1) is 16.9. The Bertz CT molecular complexity index is 680. The summed E-state index contributed by atoms with van der Waals surface area (Å²) >= 11 is 1.40. The fourth-order valence-corrected chi connectivity index (χ4v) is 3.81. The predicted octanol–water partition coefficient (Wildman–Crippen LogP) is 3.19. The number of thioether (sulfide) groups is 1. The Morgan fingerprint density at radius 3 is 2.71 bits per heavy atom. The predicted molar refractivity (Wildman–Crippen MR) is 98.1 cm³/mol. The SMILES string of the molecule is C[C@H](Sc1nc(-c2ccccc2)cn1N)C(=O)NC1CCCCC1. The molecular weight excluding hydrogens is 320 g/mol. The van der Waals surface area contributed by atoms with Crippen molar-refractivity contribution >= 4 is 17.7 Å². The van der Waals surface area contributed by atoms with Crippen LogP contribution < -0.4 is 11.2 Å². The number of aromatic nitrogens is 2. The summed E-state index contributed by atoms with van der Waals surface area (Å²) in [5, 5.41) is 3.59. The summed E-state index contributed by atoms with van der Waals surface area (Å²) in [5.74, 6) is 6.08. The van der Waals surface area contributed by atoms with Crippen molar-refractivity contribution in [2.24, 2.45) is 0 Å². The third-order valence-corrected chi connectivity index (χ3v) is 5.45. The molecule has 5 nitrogen and oxygen atoms in total. The molecule has 1 aliphatic rings. The average Bonchev–Trinajstić information content (AvgIpc) is 2.97. The van der Waals surface area contributed by atoms with Gasteiger partial charge in [-0.2, -0.15) is 0 Å². The molecule has 1 atom stereocenters. The molecule has 1 aliphatic carbocycles. The van der Waals surface area contributed by atoms with E-state index < -0.39 is 0 Å². The highest BCUT2D eigenvalue weighted by molar-refractivity contribution is 8.00. The maximum absolute atomic E-state index is 12.4. The van der Waals surface area contributed by atoms with Crippen LogP contribution in [0.25, 0.3) is 11.3 Å². The molecular formula is C18H24N4OS. The van der Waals surface area contributed by atoms with Crippen LogP contribution >= 0.6 is 11.8 Å². The van der Waals surface area contributed by atoms with Gasteiger partial charge in [0.15, 0.2) is 5.16 Å². The molecule has 0 aliphatic heterocycles. The molecule has 3 rings (SSSR count). The van der Waals surface area contributed by atoms with Crippen molar-refractivity contribution in [1.29, 1.82) is 0 Å². The Balaban J connectivity index is 1.62. The lowest BCUT2D eigenvalue weighted by Crippen LogP contribution is -2.40. The molecule has 0 unspecified atom stereocenters. The van der Waals surface area contributed by atoms with Crippen LogP contribution in [0.4, 0.5) is 0 Å². The maximum atomic E-state index is 12.4. The van der Waals surface area contributed by atoms with Gasteiger partial charge in [0.25, 0.3) is 0 Å². The van der Waals surface area contributed by atoms with Gasteiger partial charge in [0.05, 0.1) is 17.1 Å². The molecule has 0 radical (unpaired) electrons. The van der Waals surface area contributed by atoms with Crippen LogP contribution in [0.15, 0.2) is 41.7 Å². The zero-order valence-electron chi connectivity index (χ0n) is 13.9. The summed E-state index contributed by atoms with van der Waals surface area (Å²) in [6, 6.07) is 10.2. The van der Waals surface area contributed by atoms with Crippen molar-refractivity contribution in [3.63, 3.8) is 0 Å². The first-order valence-electron chi connectivity index (χ1n) is 8.50. The topological polar surface area (TPSA) is 72.9 Å². The van der Waals surface area contributed by atoms with E-state index in [2.05, 4.69) is 10.3 Å². The molecule has 0 spiro atoms. The van der Waals surface area contributed by atoms with Crippen molar-refractivity contribution in [2.45, 2.75) is 55.5 Å². The highest BCUT2D eigenvalue weighted by Gasteiger charge is 2.22. The maximum Gasteiger partial charge on any atom is 0.233 e. The molecule has 6 heteroatoms. The number of hydrogen-bond acceptors (Lipinski definition) is 4. The van der Waals surface area contributed by atoms with Gasteiger partial charge in [-0.3, -0.25) is 4.79 Å². The van der Waals surface area contributed by atoms with E-state index in [4.69, 9.17) is 5.84 Å².